The normalized spacial score (nSPS) is 30.9. The van der Waals surface area contributed by atoms with Crippen molar-refractivity contribution in [2.75, 3.05) is 19.7 Å². The summed E-state index contributed by atoms with van der Waals surface area (Å²) in [5.41, 5.74) is 0.135. The summed E-state index contributed by atoms with van der Waals surface area (Å²) in [6, 6.07) is 0. The first kappa shape index (κ1) is 14.0. The predicted molar refractivity (Wildman–Crippen MR) is 69.7 cm³/mol. The number of nitrogens with one attached hydrogen (secondary N) is 1. The molecule has 1 rings (SSSR count). The lowest BCUT2D eigenvalue weighted by molar-refractivity contribution is -0.0740. The average molecular weight is 227 g/mol. The second-order valence-electron chi connectivity index (χ2n) is 5.48. The van der Waals surface area contributed by atoms with Crippen molar-refractivity contribution in [2.24, 2.45) is 11.8 Å². The van der Waals surface area contributed by atoms with Crippen LogP contribution in [0, 0.1) is 11.8 Å². The Labute approximate surface area is 101 Å². The van der Waals surface area contributed by atoms with Crippen LogP contribution in [0.5, 0.6) is 0 Å². The number of ether oxygens (including phenoxy) is 1. The van der Waals surface area contributed by atoms with Gasteiger partial charge in [0.2, 0.25) is 0 Å². The maximum Gasteiger partial charge on any atom is 0.0806 e. The van der Waals surface area contributed by atoms with E-state index in [4.69, 9.17) is 4.74 Å². The lowest BCUT2D eigenvalue weighted by atomic mass is 9.74. The third kappa shape index (κ3) is 3.74. The molecule has 0 spiro atoms. The highest BCUT2D eigenvalue weighted by Gasteiger charge is 2.36. The van der Waals surface area contributed by atoms with Gasteiger partial charge in [0.1, 0.15) is 0 Å². The molecular weight excluding hydrogens is 198 g/mol. The minimum atomic E-state index is 0.135. The van der Waals surface area contributed by atoms with Crippen molar-refractivity contribution in [3.63, 3.8) is 0 Å². The van der Waals surface area contributed by atoms with Gasteiger partial charge in [0.05, 0.1) is 5.60 Å². The van der Waals surface area contributed by atoms with Crippen LogP contribution in [-0.4, -0.2) is 25.3 Å². The number of likely N-dealkylation sites (N-methyl/N-ethyl adjacent to an activating group) is 1. The molecule has 1 aliphatic rings. The van der Waals surface area contributed by atoms with Crippen LogP contribution >= 0.6 is 0 Å². The summed E-state index contributed by atoms with van der Waals surface area (Å²) in [5.74, 6) is 1.74. The van der Waals surface area contributed by atoms with E-state index in [1.54, 1.807) is 0 Å². The maximum absolute atomic E-state index is 6.04. The van der Waals surface area contributed by atoms with Gasteiger partial charge in [0.15, 0.2) is 0 Å². The molecule has 1 aliphatic carbocycles. The Morgan fingerprint density at radius 3 is 2.31 bits per heavy atom. The highest BCUT2D eigenvalue weighted by atomic mass is 16.5. The molecule has 1 fully saturated rings. The standard InChI is InChI=1S/C14H29NO/c1-5-15-11-14(16-6-2)9-7-13(8-10-14)12(3)4/h12-13,15H,5-11H2,1-4H3. The van der Waals surface area contributed by atoms with Gasteiger partial charge in [-0.1, -0.05) is 20.8 Å². The largest absolute Gasteiger partial charge is 0.374 e. The first-order valence-corrected chi connectivity index (χ1v) is 6.98. The van der Waals surface area contributed by atoms with Gasteiger partial charge in [-0.05, 0) is 51.0 Å². The van der Waals surface area contributed by atoms with Crippen molar-refractivity contribution in [3.8, 4) is 0 Å². The quantitative estimate of drug-likeness (QED) is 0.752. The first-order chi connectivity index (χ1) is 7.63. The summed E-state index contributed by atoms with van der Waals surface area (Å²) >= 11 is 0. The summed E-state index contributed by atoms with van der Waals surface area (Å²) in [6.07, 6.45) is 5.14. The highest BCUT2D eigenvalue weighted by Crippen LogP contribution is 2.37. The molecule has 0 heterocycles. The number of hydrogen-bond donors (Lipinski definition) is 1. The Balaban J connectivity index is 2.48. The van der Waals surface area contributed by atoms with Crippen molar-refractivity contribution in [2.45, 2.75) is 59.0 Å². The van der Waals surface area contributed by atoms with Gasteiger partial charge in [-0.2, -0.15) is 0 Å². The smallest absolute Gasteiger partial charge is 0.0806 e. The van der Waals surface area contributed by atoms with Crippen LogP contribution in [-0.2, 0) is 4.74 Å². The molecule has 1 saturated carbocycles. The van der Waals surface area contributed by atoms with Crippen LogP contribution in [0.25, 0.3) is 0 Å². The van der Waals surface area contributed by atoms with E-state index in [-0.39, 0.29) is 5.60 Å². The zero-order valence-electron chi connectivity index (χ0n) is 11.5. The van der Waals surface area contributed by atoms with E-state index in [1.807, 2.05) is 0 Å². The van der Waals surface area contributed by atoms with Gasteiger partial charge in [-0.15, -0.1) is 0 Å². The Morgan fingerprint density at radius 1 is 1.25 bits per heavy atom. The molecule has 0 aromatic rings. The van der Waals surface area contributed by atoms with E-state index < -0.39 is 0 Å². The summed E-state index contributed by atoms with van der Waals surface area (Å²) in [5, 5.41) is 3.46. The summed E-state index contributed by atoms with van der Waals surface area (Å²) in [6.45, 7) is 11.9. The molecule has 0 unspecified atom stereocenters. The molecule has 0 bridgehead atoms. The van der Waals surface area contributed by atoms with Crippen molar-refractivity contribution in [1.82, 2.24) is 5.32 Å². The van der Waals surface area contributed by atoms with E-state index in [1.165, 1.54) is 25.7 Å². The second-order valence-corrected chi connectivity index (χ2v) is 5.48. The minimum Gasteiger partial charge on any atom is -0.374 e. The molecule has 2 nitrogen and oxygen atoms in total. The highest BCUT2D eigenvalue weighted by molar-refractivity contribution is 4.89. The number of rotatable bonds is 6. The van der Waals surface area contributed by atoms with Crippen molar-refractivity contribution < 1.29 is 4.74 Å². The first-order valence-electron chi connectivity index (χ1n) is 6.98. The van der Waals surface area contributed by atoms with Crippen LogP contribution < -0.4 is 5.32 Å². The summed E-state index contributed by atoms with van der Waals surface area (Å²) < 4.78 is 6.04. The van der Waals surface area contributed by atoms with Gasteiger partial charge in [0, 0.05) is 13.2 Å². The molecular formula is C14H29NO. The topological polar surface area (TPSA) is 21.3 Å². The van der Waals surface area contributed by atoms with Crippen molar-refractivity contribution in [1.29, 1.82) is 0 Å². The second kappa shape index (κ2) is 6.61. The SMILES string of the molecule is CCNCC1(OCC)CCC(C(C)C)CC1. The molecule has 0 amide bonds. The van der Waals surface area contributed by atoms with E-state index in [9.17, 15) is 0 Å². The molecule has 0 radical (unpaired) electrons. The van der Waals surface area contributed by atoms with Gasteiger partial charge >= 0.3 is 0 Å². The molecule has 0 aromatic carbocycles. The zero-order valence-corrected chi connectivity index (χ0v) is 11.5. The summed E-state index contributed by atoms with van der Waals surface area (Å²) in [7, 11) is 0. The zero-order chi connectivity index (χ0) is 12.0. The van der Waals surface area contributed by atoms with Crippen LogP contribution in [0.3, 0.4) is 0 Å². The Bertz CT molecular complexity index is 183. The molecule has 0 aromatic heterocycles. The van der Waals surface area contributed by atoms with E-state index in [0.29, 0.717) is 0 Å². The molecule has 0 saturated heterocycles. The molecule has 1 N–H and O–H groups in total. The third-order valence-corrected chi connectivity index (χ3v) is 4.03. The van der Waals surface area contributed by atoms with Crippen molar-refractivity contribution in [3.05, 3.63) is 0 Å². The van der Waals surface area contributed by atoms with E-state index in [2.05, 4.69) is 33.0 Å². The third-order valence-electron chi connectivity index (χ3n) is 4.03. The monoisotopic (exact) mass is 227 g/mol. The molecule has 2 heteroatoms. The van der Waals surface area contributed by atoms with Crippen LogP contribution in [0.4, 0.5) is 0 Å². The lowest BCUT2D eigenvalue weighted by Crippen LogP contribution is -2.46. The van der Waals surface area contributed by atoms with Crippen molar-refractivity contribution >= 4 is 0 Å². The van der Waals surface area contributed by atoms with Gasteiger partial charge in [-0.3, -0.25) is 0 Å². The lowest BCUT2D eigenvalue weighted by Gasteiger charge is -2.41. The Morgan fingerprint density at radius 2 is 1.88 bits per heavy atom. The molecule has 96 valence electrons. The number of hydrogen-bond acceptors (Lipinski definition) is 2. The van der Waals surface area contributed by atoms with E-state index in [0.717, 1.165) is 31.5 Å². The molecule has 0 atom stereocenters. The van der Waals surface area contributed by atoms with Crippen LogP contribution in [0.15, 0.2) is 0 Å². The predicted octanol–water partition coefficient (Wildman–Crippen LogP) is 3.22. The maximum atomic E-state index is 6.04. The van der Waals surface area contributed by atoms with E-state index >= 15 is 0 Å². The van der Waals surface area contributed by atoms with Gasteiger partial charge in [-0.25, -0.2) is 0 Å². The average Bonchev–Trinajstić information content (AvgIpc) is 2.27. The fourth-order valence-corrected chi connectivity index (χ4v) is 2.86. The molecule has 16 heavy (non-hydrogen) atoms. The minimum absolute atomic E-state index is 0.135. The Hall–Kier alpha value is -0.0800. The van der Waals surface area contributed by atoms with Gasteiger partial charge < -0.3 is 10.1 Å². The summed E-state index contributed by atoms with van der Waals surface area (Å²) in [4.78, 5) is 0. The molecule has 0 aliphatic heterocycles. The fraction of sp³-hybridized carbons (Fsp3) is 1.00. The van der Waals surface area contributed by atoms with Gasteiger partial charge in [0.25, 0.3) is 0 Å². The van der Waals surface area contributed by atoms with Crippen LogP contribution in [0.1, 0.15) is 53.4 Å². The fourth-order valence-electron chi connectivity index (χ4n) is 2.86. The van der Waals surface area contributed by atoms with Crippen LogP contribution in [0.2, 0.25) is 0 Å². The Kier molecular flexibility index (Phi) is 5.77.